The molecule has 0 heterocycles. The van der Waals surface area contributed by atoms with Gasteiger partial charge in [0.15, 0.2) is 0 Å². The van der Waals surface area contributed by atoms with E-state index >= 15 is 0 Å². The Morgan fingerprint density at radius 1 is 1.54 bits per heavy atom. The molecule has 0 saturated heterocycles. The summed E-state index contributed by atoms with van der Waals surface area (Å²) in [4.78, 5) is 20.4. The van der Waals surface area contributed by atoms with Crippen LogP contribution >= 0.6 is 0 Å². The van der Waals surface area contributed by atoms with Crippen LogP contribution in [0.25, 0.3) is 0 Å². The fourth-order valence-corrected chi connectivity index (χ4v) is 1.42. The fraction of sp³-hybridized carbons (Fsp3) is 0.125. The van der Waals surface area contributed by atoms with E-state index < -0.39 is 4.92 Å². The van der Waals surface area contributed by atoms with E-state index in [0.717, 1.165) is 5.56 Å². The molecule has 5 heteroatoms. The SMILES string of the molecule is Cc1c([Se])cc([N+](=O)[O-])cc1C=O. The van der Waals surface area contributed by atoms with Crippen LogP contribution in [0.1, 0.15) is 15.9 Å². The molecule has 1 aromatic rings. The van der Waals surface area contributed by atoms with E-state index in [-0.39, 0.29) is 5.69 Å². The third-order valence-corrected chi connectivity index (χ3v) is 2.61. The number of carbonyl (C=O) groups is 1. The first-order valence-electron chi connectivity index (χ1n) is 3.47. The van der Waals surface area contributed by atoms with Gasteiger partial charge in [-0.05, 0) is 0 Å². The Bertz CT molecular complexity index is 376. The molecule has 0 saturated carbocycles. The van der Waals surface area contributed by atoms with Crippen molar-refractivity contribution in [2.24, 2.45) is 0 Å². The van der Waals surface area contributed by atoms with Crippen LogP contribution in [0.4, 0.5) is 5.69 Å². The van der Waals surface area contributed by atoms with Crippen LogP contribution in [-0.4, -0.2) is 27.2 Å². The van der Waals surface area contributed by atoms with Crippen molar-refractivity contribution in [1.82, 2.24) is 0 Å². The Kier molecular flexibility index (Phi) is 2.80. The number of non-ortho nitro benzene ring substituents is 1. The zero-order chi connectivity index (χ0) is 10.0. The summed E-state index contributed by atoms with van der Waals surface area (Å²) in [6.07, 6.45) is 0.614. The van der Waals surface area contributed by atoms with Gasteiger partial charge in [0.1, 0.15) is 0 Å². The summed E-state index contributed by atoms with van der Waals surface area (Å²) in [6, 6.07) is 2.67. The van der Waals surface area contributed by atoms with E-state index in [0.29, 0.717) is 16.3 Å². The Labute approximate surface area is 82.9 Å². The molecule has 0 spiro atoms. The van der Waals surface area contributed by atoms with Gasteiger partial charge in [-0.1, -0.05) is 0 Å². The van der Waals surface area contributed by atoms with Gasteiger partial charge in [-0.25, -0.2) is 0 Å². The van der Waals surface area contributed by atoms with Crippen LogP contribution in [0.5, 0.6) is 0 Å². The van der Waals surface area contributed by atoms with Crippen molar-refractivity contribution in [3.63, 3.8) is 0 Å². The number of nitrogens with zero attached hydrogens (tertiary/aromatic N) is 1. The van der Waals surface area contributed by atoms with Crippen LogP contribution in [0.2, 0.25) is 0 Å². The summed E-state index contributed by atoms with van der Waals surface area (Å²) in [5, 5.41) is 10.4. The summed E-state index contributed by atoms with van der Waals surface area (Å²) < 4.78 is 0.635. The fourth-order valence-electron chi connectivity index (χ4n) is 0.922. The molecule has 0 fully saturated rings. The molecule has 0 N–H and O–H groups in total. The van der Waals surface area contributed by atoms with Gasteiger partial charge >= 0.3 is 82.5 Å². The van der Waals surface area contributed by atoms with E-state index in [4.69, 9.17) is 0 Å². The predicted molar refractivity (Wildman–Crippen MR) is 48.6 cm³/mol. The number of hydrogen-bond donors (Lipinski definition) is 0. The molecular weight excluding hydrogens is 237 g/mol. The van der Waals surface area contributed by atoms with Gasteiger partial charge in [-0.15, -0.1) is 0 Å². The topological polar surface area (TPSA) is 60.2 Å². The molecule has 0 atom stereocenters. The predicted octanol–water partition coefficient (Wildman–Crippen LogP) is 0.510. The first kappa shape index (κ1) is 9.89. The number of benzene rings is 1. The van der Waals surface area contributed by atoms with Crippen molar-refractivity contribution in [3.05, 3.63) is 33.4 Å². The van der Waals surface area contributed by atoms with Gasteiger partial charge in [-0.3, -0.25) is 0 Å². The standard InChI is InChI=1S/C8H6NO3Se/c1-5-6(4-10)2-7(9(11)12)3-8(5)13/h2-4H,1H3. The van der Waals surface area contributed by atoms with Crippen molar-refractivity contribution in [3.8, 4) is 0 Å². The van der Waals surface area contributed by atoms with E-state index in [9.17, 15) is 14.9 Å². The van der Waals surface area contributed by atoms with Crippen LogP contribution in [0.3, 0.4) is 0 Å². The van der Waals surface area contributed by atoms with Crippen molar-refractivity contribution in [2.45, 2.75) is 6.92 Å². The molecule has 0 amide bonds. The second-order valence-corrected chi connectivity index (χ2v) is 3.46. The second kappa shape index (κ2) is 3.68. The molecule has 1 rings (SSSR count). The molecule has 0 aliphatic rings. The van der Waals surface area contributed by atoms with E-state index in [1.54, 1.807) is 6.92 Å². The number of aldehydes is 1. The first-order valence-corrected chi connectivity index (χ1v) is 4.33. The summed E-state index contributed by atoms with van der Waals surface area (Å²) in [5.74, 6) is 0. The Balaban J connectivity index is 3.38. The van der Waals surface area contributed by atoms with Crippen LogP contribution in [-0.2, 0) is 0 Å². The molecule has 1 radical (unpaired) electrons. The second-order valence-electron chi connectivity index (χ2n) is 2.53. The van der Waals surface area contributed by atoms with Crippen molar-refractivity contribution < 1.29 is 9.72 Å². The molecule has 1 aromatic carbocycles. The quantitative estimate of drug-likeness (QED) is 0.329. The van der Waals surface area contributed by atoms with Gasteiger partial charge in [0.25, 0.3) is 0 Å². The summed E-state index contributed by atoms with van der Waals surface area (Å²) in [6.45, 7) is 1.74. The monoisotopic (exact) mass is 244 g/mol. The average Bonchev–Trinajstić information content (AvgIpc) is 2.09. The Morgan fingerprint density at radius 3 is 2.62 bits per heavy atom. The van der Waals surface area contributed by atoms with Gasteiger partial charge < -0.3 is 0 Å². The van der Waals surface area contributed by atoms with E-state index in [1.807, 2.05) is 0 Å². The maximum absolute atomic E-state index is 10.5. The molecule has 0 aromatic heterocycles. The van der Waals surface area contributed by atoms with Crippen molar-refractivity contribution >= 4 is 32.4 Å². The molecule has 0 aliphatic heterocycles. The van der Waals surface area contributed by atoms with Crippen molar-refractivity contribution in [1.29, 1.82) is 0 Å². The van der Waals surface area contributed by atoms with Gasteiger partial charge in [0.05, 0.1) is 0 Å². The van der Waals surface area contributed by atoms with Crippen molar-refractivity contribution in [2.75, 3.05) is 0 Å². The molecule has 67 valence electrons. The third kappa shape index (κ3) is 1.94. The maximum atomic E-state index is 10.5. The molecular formula is C8H6NO3Se. The minimum absolute atomic E-state index is 0.0681. The van der Waals surface area contributed by atoms with Gasteiger partial charge in [-0.2, -0.15) is 0 Å². The van der Waals surface area contributed by atoms with Crippen LogP contribution < -0.4 is 4.46 Å². The normalized spacial score (nSPS) is 9.62. The first-order chi connectivity index (χ1) is 6.06. The van der Waals surface area contributed by atoms with Crippen LogP contribution in [0.15, 0.2) is 12.1 Å². The molecule has 13 heavy (non-hydrogen) atoms. The third-order valence-electron chi connectivity index (χ3n) is 1.72. The number of nitro benzene ring substituents is 1. The molecule has 0 aliphatic carbocycles. The Hall–Kier alpha value is -1.19. The number of rotatable bonds is 2. The zero-order valence-electron chi connectivity index (χ0n) is 6.81. The summed E-state index contributed by atoms with van der Waals surface area (Å²) >= 11 is 2.68. The average molecular weight is 243 g/mol. The van der Waals surface area contributed by atoms with Crippen LogP contribution in [0, 0.1) is 17.0 Å². The number of hydrogen-bond acceptors (Lipinski definition) is 3. The summed E-state index contributed by atoms with van der Waals surface area (Å²) in [5.41, 5.74) is 1.02. The number of nitro groups is 1. The summed E-state index contributed by atoms with van der Waals surface area (Å²) in [7, 11) is 0. The zero-order valence-corrected chi connectivity index (χ0v) is 8.53. The van der Waals surface area contributed by atoms with E-state index in [1.165, 1.54) is 12.1 Å². The molecule has 0 bridgehead atoms. The van der Waals surface area contributed by atoms with Gasteiger partial charge in [0, 0.05) is 0 Å². The number of carbonyl (C=O) groups excluding carboxylic acids is 1. The van der Waals surface area contributed by atoms with Gasteiger partial charge in [0.2, 0.25) is 0 Å². The molecule has 0 unspecified atom stereocenters. The minimum atomic E-state index is -0.521. The van der Waals surface area contributed by atoms with E-state index in [2.05, 4.69) is 16.0 Å². The molecule has 4 nitrogen and oxygen atoms in total. The Morgan fingerprint density at radius 2 is 2.15 bits per heavy atom.